The zero-order chi connectivity index (χ0) is 36.9. The van der Waals surface area contributed by atoms with Crippen molar-refractivity contribution < 1.29 is 52.9 Å². The third kappa shape index (κ3) is 13.4. The van der Waals surface area contributed by atoms with Crippen molar-refractivity contribution in [2.45, 2.75) is 105 Å². The minimum absolute atomic E-state index is 0.0371. The normalized spacial score (nSPS) is 18.0. The molecule has 0 saturated carbocycles. The first-order valence-corrected chi connectivity index (χ1v) is 16.0. The van der Waals surface area contributed by atoms with Gasteiger partial charge in [0.05, 0.1) is 25.3 Å². The Hall–Kier alpha value is -4.28. The van der Waals surface area contributed by atoms with Crippen LogP contribution in [-0.4, -0.2) is 114 Å². The number of carboxylic acid groups (broad SMARTS) is 1. The Labute approximate surface area is 280 Å². The molecule has 1 heterocycles. The fourth-order valence-corrected chi connectivity index (χ4v) is 4.86. The first kappa shape index (κ1) is 41.7. The van der Waals surface area contributed by atoms with E-state index in [1.807, 2.05) is 13.8 Å². The number of likely N-dealkylation sites (tertiary alicyclic amines) is 1. The van der Waals surface area contributed by atoms with Crippen LogP contribution in [0.5, 0.6) is 0 Å². The van der Waals surface area contributed by atoms with Gasteiger partial charge in [-0.1, -0.05) is 61.8 Å². The third-order valence-corrected chi connectivity index (χ3v) is 7.34. The van der Waals surface area contributed by atoms with E-state index in [1.54, 1.807) is 41.5 Å². The Morgan fingerprint density at radius 2 is 1.60 bits per heavy atom. The number of hydrogen-bond donors (Lipinski definition) is 6. The summed E-state index contributed by atoms with van der Waals surface area (Å²) in [6.07, 6.45) is -1.41. The summed E-state index contributed by atoms with van der Waals surface area (Å²) in [5.74, 6) is -6.87. The fraction of sp³-hybridized carbons (Fsp3) is 0.742. The molecular weight excluding hydrogens is 632 g/mol. The summed E-state index contributed by atoms with van der Waals surface area (Å²) < 4.78 is 10.5. The smallest absolute Gasteiger partial charge is 0.407 e. The summed E-state index contributed by atoms with van der Waals surface area (Å²) in [7, 11) is 0. The Kier molecular flexibility index (Phi) is 16.4. The number of carbonyl (C=O) groups excluding carboxylic acids is 7. The lowest BCUT2D eigenvalue weighted by Gasteiger charge is -2.31. The second-order valence-electron chi connectivity index (χ2n) is 13.6. The van der Waals surface area contributed by atoms with Gasteiger partial charge in [-0.25, -0.2) is 9.59 Å². The molecule has 1 saturated heterocycles. The first-order chi connectivity index (χ1) is 22.2. The quantitative estimate of drug-likeness (QED) is 0.0999. The van der Waals surface area contributed by atoms with Gasteiger partial charge in [0.1, 0.15) is 24.7 Å². The number of ketones is 1. The van der Waals surface area contributed by atoms with Crippen LogP contribution in [0.1, 0.15) is 74.7 Å². The summed E-state index contributed by atoms with van der Waals surface area (Å²) in [6.45, 7) is 12.4. The van der Waals surface area contributed by atoms with E-state index in [4.69, 9.17) is 20.3 Å². The van der Waals surface area contributed by atoms with Gasteiger partial charge >= 0.3 is 12.1 Å². The molecule has 48 heavy (non-hydrogen) atoms. The second kappa shape index (κ2) is 18.9. The van der Waals surface area contributed by atoms with Gasteiger partial charge in [0.25, 0.3) is 5.91 Å². The van der Waals surface area contributed by atoms with Gasteiger partial charge in [0.2, 0.25) is 29.4 Å². The number of carboxylic acids is 1. The second-order valence-corrected chi connectivity index (χ2v) is 13.6. The van der Waals surface area contributed by atoms with Gasteiger partial charge in [-0.15, -0.1) is 0 Å². The van der Waals surface area contributed by atoms with Crippen molar-refractivity contribution >= 4 is 47.4 Å². The van der Waals surface area contributed by atoms with Crippen molar-refractivity contribution in [3.05, 3.63) is 0 Å². The molecule has 1 aliphatic rings. The Morgan fingerprint density at radius 1 is 0.979 bits per heavy atom. The van der Waals surface area contributed by atoms with Gasteiger partial charge < -0.3 is 46.5 Å². The van der Waals surface area contributed by atoms with Crippen LogP contribution in [0, 0.1) is 17.3 Å². The molecule has 272 valence electrons. The zero-order valence-electron chi connectivity index (χ0n) is 29.0. The molecule has 0 radical (unpaired) electrons. The SMILES string of the molecule is CCCC(NC(=O)[C@@H]1C[C@@H](OCC(=O)O)CN1C(=O)C(NC(=O)OCC(C)C)C(C)C)C(=O)C(=O)NCC(=O)NC(C(N)=O)C(C)(C)C. The zero-order valence-corrected chi connectivity index (χ0v) is 29.0. The van der Waals surface area contributed by atoms with Crippen LogP contribution in [0.3, 0.4) is 0 Å². The Morgan fingerprint density at radius 3 is 2.10 bits per heavy atom. The summed E-state index contributed by atoms with van der Waals surface area (Å²) in [5.41, 5.74) is 4.65. The van der Waals surface area contributed by atoms with E-state index in [0.29, 0.717) is 6.42 Å². The molecule has 1 aliphatic heterocycles. The molecule has 6 amide bonds. The molecule has 7 N–H and O–H groups in total. The van der Waals surface area contributed by atoms with Crippen molar-refractivity contribution in [3.63, 3.8) is 0 Å². The van der Waals surface area contributed by atoms with E-state index in [9.17, 15) is 38.4 Å². The van der Waals surface area contributed by atoms with Crippen LogP contribution in [0.4, 0.5) is 4.79 Å². The number of carbonyl (C=O) groups is 8. The van der Waals surface area contributed by atoms with Gasteiger partial charge in [-0.05, 0) is 23.7 Å². The number of ether oxygens (including phenoxy) is 2. The number of alkyl carbamates (subject to hydrolysis) is 1. The molecule has 0 spiro atoms. The molecule has 3 unspecified atom stereocenters. The molecule has 0 bridgehead atoms. The van der Waals surface area contributed by atoms with E-state index in [-0.39, 0.29) is 31.9 Å². The lowest BCUT2D eigenvalue weighted by atomic mass is 9.86. The molecular formula is C31H52N6O11. The van der Waals surface area contributed by atoms with E-state index < -0.39 is 102 Å². The molecule has 1 rings (SSSR count). The van der Waals surface area contributed by atoms with Gasteiger partial charge in [0, 0.05) is 13.0 Å². The van der Waals surface area contributed by atoms with Crippen LogP contribution in [0.25, 0.3) is 0 Å². The maximum Gasteiger partial charge on any atom is 0.407 e. The monoisotopic (exact) mass is 684 g/mol. The molecule has 0 aliphatic carbocycles. The maximum absolute atomic E-state index is 13.7. The highest BCUT2D eigenvalue weighted by atomic mass is 16.5. The highest BCUT2D eigenvalue weighted by molar-refractivity contribution is 6.38. The topological polar surface area (TPSA) is 253 Å². The Bertz CT molecular complexity index is 1200. The predicted octanol–water partition coefficient (Wildman–Crippen LogP) is -0.550. The molecule has 1 fully saturated rings. The van der Waals surface area contributed by atoms with Crippen molar-refractivity contribution in [2.75, 3.05) is 26.3 Å². The molecule has 0 aromatic heterocycles. The number of aliphatic carboxylic acids is 1. The standard InChI is InChI=1S/C31H52N6O11/c1-9-10-19(24(41)28(44)33-12-21(38)35-25(26(32)42)31(6,7)8)34-27(43)20-11-18(47-15-22(39)40)13-37(20)29(45)23(17(4)5)36-30(46)48-14-16(2)3/h16-20,23,25H,9-15H2,1-8H3,(H2,32,42)(H,33,44)(H,34,43)(H,35,38)(H,36,46)(H,39,40)/t18-,19?,20+,23?,25?/m1/s1. The van der Waals surface area contributed by atoms with E-state index in [0.717, 1.165) is 4.90 Å². The third-order valence-electron chi connectivity index (χ3n) is 7.34. The van der Waals surface area contributed by atoms with Crippen LogP contribution in [0.15, 0.2) is 0 Å². The molecule has 5 atom stereocenters. The number of primary amides is 1. The van der Waals surface area contributed by atoms with Crippen molar-refractivity contribution in [2.24, 2.45) is 23.0 Å². The maximum atomic E-state index is 13.7. The minimum Gasteiger partial charge on any atom is -0.480 e. The average Bonchev–Trinajstić information content (AvgIpc) is 3.42. The summed E-state index contributed by atoms with van der Waals surface area (Å²) in [4.78, 5) is 102. The fourth-order valence-electron chi connectivity index (χ4n) is 4.86. The number of Topliss-reactive ketones (excluding diaryl/α,β-unsaturated/α-hetero) is 1. The summed E-state index contributed by atoms with van der Waals surface area (Å²) >= 11 is 0. The predicted molar refractivity (Wildman–Crippen MR) is 171 cm³/mol. The molecule has 0 aromatic carbocycles. The Balaban J connectivity index is 3.12. The van der Waals surface area contributed by atoms with Crippen LogP contribution in [0.2, 0.25) is 0 Å². The molecule has 17 heteroatoms. The van der Waals surface area contributed by atoms with E-state index in [2.05, 4.69) is 21.3 Å². The van der Waals surface area contributed by atoms with Crippen molar-refractivity contribution in [1.29, 1.82) is 0 Å². The van der Waals surface area contributed by atoms with E-state index >= 15 is 0 Å². The number of nitrogens with zero attached hydrogens (tertiary/aromatic N) is 1. The highest BCUT2D eigenvalue weighted by Gasteiger charge is 2.44. The number of amides is 6. The summed E-state index contributed by atoms with van der Waals surface area (Å²) in [6, 6.07) is -4.73. The molecule has 17 nitrogen and oxygen atoms in total. The first-order valence-electron chi connectivity index (χ1n) is 16.0. The largest absolute Gasteiger partial charge is 0.480 e. The van der Waals surface area contributed by atoms with Gasteiger partial charge in [-0.2, -0.15) is 0 Å². The van der Waals surface area contributed by atoms with Crippen LogP contribution >= 0.6 is 0 Å². The highest BCUT2D eigenvalue weighted by Crippen LogP contribution is 2.24. The van der Waals surface area contributed by atoms with Crippen LogP contribution < -0.4 is 27.0 Å². The van der Waals surface area contributed by atoms with Gasteiger partial charge in [-0.3, -0.25) is 28.8 Å². The number of rotatable bonds is 18. The minimum atomic E-state index is -1.33. The van der Waals surface area contributed by atoms with Crippen LogP contribution in [-0.2, 0) is 43.0 Å². The van der Waals surface area contributed by atoms with E-state index in [1.165, 1.54) is 0 Å². The number of hydrogen-bond acceptors (Lipinski definition) is 10. The van der Waals surface area contributed by atoms with Crippen molar-refractivity contribution in [3.8, 4) is 0 Å². The lowest BCUT2D eigenvalue weighted by molar-refractivity contribution is -0.144. The van der Waals surface area contributed by atoms with Crippen molar-refractivity contribution in [1.82, 2.24) is 26.2 Å². The average molecular weight is 685 g/mol. The molecule has 0 aromatic rings. The summed E-state index contributed by atoms with van der Waals surface area (Å²) in [5, 5.41) is 18.7. The van der Waals surface area contributed by atoms with Gasteiger partial charge in [0.15, 0.2) is 0 Å². The number of nitrogens with one attached hydrogen (secondary N) is 4. The lowest BCUT2D eigenvalue weighted by Crippen LogP contribution is -2.57. The number of nitrogens with two attached hydrogens (primary N) is 1.